The van der Waals surface area contributed by atoms with E-state index >= 15 is 0 Å². The average molecular weight is 402 g/mol. The number of imidazole rings is 1. The lowest BCUT2D eigenvalue weighted by Gasteiger charge is -2.10. The molecule has 0 saturated heterocycles. The van der Waals surface area contributed by atoms with E-state index < -0.39 is 0 Å². The van der Waals surface area contributed by atoms with Crippen molar-refractivity contribution in [2.75, 3.05) is 0 Å². The van der Waals surface area contributed by atoms with Crippen LogP contribution in [0.25, 0.3) is 11.2 Å². The van der Waals surface area contributed by atoms with Crippen LogP contribution in [0.2, 0.25) is 5.02 Å². The van der Waals surface area contributed by atoms with Gasteiger partial charge in [-0.2, -0.15) is 0 Å². The molecule has 2 aromatic heterocycles. The third-order valence-electron chi connectivity index (χ3n) is 4.09. The smallest absolute Gasteiger partial charge is 0.170 e. The highest BCUT2D eigenvalue weighted by molar-refractivity contribution is 7.98. The Labute approximate surface area is 164 Å². The number of hydrogen-bond acceptors (Lipinski definition) is 3. The van der Waals surface area contributed by atoms with Gasteiger partial charge in [-0.1, -0.05) is 41.6 Å². The van der Waals surface area contributed by atoms with Gasteiger partial charge in [-0.15, -0.1) is 0 Å². The van der Waals surface area contributed by atoms with E-state index in [9.17, 15) is 8.78 Å². The third-order valence-corrected chi connectivity index (χ3v) is 5.49. The molecule has 0 atom stereocenters. The Balaban J connectivity index is 1.67. The van der Waals surface area contributed by atoms with Crippen LogP contribution in [-0.2, 0) is 12.3 Å². The van der Waals surface area contributed by atoms with Gasteiger partial charge in [0.15, 0.2) is 10.8 Å². The van der Waals surface area contributed by atoms with E-state index in [1.807, 2.05) is 16.7 Å². The quantitative estimate of drug-likeness (QED) is 0.402. The Kier molecular flexibility index (Phi) is 5.09. The lowest BCUT2D eigenvalue weighted by Crippen LogP contribution is -2.03. The van der Waals surface area contributed by atoms with Crippen LogP contribution in [0.3, 0.4) is 0 Å². The molecular weight excluding hydrogens is 388 g/mol. The maximum Gasteiger partial charge on any atom is 0.170 e. The van der Waals surface area contributed by atoms with E-state index in [0.29, 0.717) is 17.3 Å². The highest BCUT2D eigenvalue weighted by Gasteiger charge is 2.14. The number of thioether (sulfide) groups is 1. The summed E-state index contributed by atoms with van der Waals surface area (Å²) in [6.45, 7) is 0.429. The number of nitrogens with zero attached hydrogens (tertiary/aromatic N) is 3. The lowest BCUT2D eigenvalue weighted by molar-refractivity contribution is 0.625. The van der Waals surface area contributed by atoms with Crippen LogP contribution in [0, 0.1) is 11.6 Å². The van der Waals surface area contributed by atoms with Crippen molar-refractivity contribution in [3.05, 3.63) is 88.6 Å². The zero-order valence-electron chi connectivity index (χ0n) is 14.1. The molecule has 0 aliphatic carbocycles. The molecule has 0 fully saturated rings. The van der Waals surface area contributed by atoms with Crippen molar-refractivity contribution in [2.45, 2.75) is 17.5 Å². The number of halogens is 3. The molecular formula is C20H14ClF2N3S. The molecule has 0 aliphatic rings. The first-order chi connectivity index (χ1) is 13.1. The van der Waals surface area contributed by atoms with Crippen LogP contribution in [0.15, 0.2) is 66.0 Å². The second kappa shape index (κ2) is 7.66. The fourth-order valence-corrected chi connectivity index (χ4v) is 3.92. The average Bonchev–Trinajstić information content (AvgIpc) is 3.01. The van der Waals surface area contributed by atoms with Gasteiger partial charge < -0.3 is 0 Å². The maximum atomic E-state index is 13.3. The van der Waals surface area contributed by atoms with Crippen LogP contribution in [-0.4, -0.2) is 14.5 Å². The van der Waals surface area contributed by atoms with Crippen LogP contribution in [0.5, 0.6) is 0 Å². The van der Waals surface area contributed by atoms with Gasteiger partial charge in [0.1, 0.15) is 17.2 Å². The monoisotopic (exact) mass is 401 g/mol. The zero-order valence-corrected chi connectivity index (χ0v) is 15.6. The van der Waals surface area contributed by atoms with Gasteiger partial charge in [-0.25, -0.2) is 18.7 Å². The third kappa shape index (κ3) is 3.96. The summed E-state index contributed by atoms with van der Waals surface area (Å²) in [6, 6.07) is 14.5. The summed E-state index contributed by atoms with van der Waals surface area (Å²) in [7, 11) is 0. The van der Waals surface area contributed by atoms with Crippen molar-refractivity contribution in [1.29, 1.82) is 0 Å². The lowest BCUT2D eigenvalue weighted by atomic mass is 10.2. The van der Waals surface area contributed by atoms with Gasteiger partial charge in [0.2, 0.25) is 0 Å². The van der Waals surface area contributed by atoms with Gasteiger partial charge in [-0.3, -0.25) is 4.57 Å². The summed E-state index contributed by atoms with van der Waals surface area (Å²) in [5.41, 5.74) is 3.29. The summed E-state index contributed by atoms with van der Waals surface area (Å²) in [5, 5.41) is 1.13. The molecule has 0 spiro atoms. The molecule has 3 nitrogen and oxygen atoms in total. The SMILES string of the molecule is Fc1ccc(CSc2nc3cccnc3n2Cc2ccc(F)cc2Cl)cc1. The Morgan fingerprint density at radius 3 is 2.56 bits per heavy atom. The molecule has 0 N–H and O–H groups in total. The first-order valence-corrected chi connectivity index (χ1v) is 9.59. The minimum Gasteiger partial charge on any atom is -0.299 e. The Morgan fingerprint density at radius 1 is 1.00 bits per heavy atom. The van der Waals surface area contributed by atoms with Gasteiger partial charge >= 0.3 is 0 Å². The molecule has 0 aliphatic heterocycles. The minimum atomic E-state index is -0.372. The number of pyridine rings is 1. The number of fused-ring (bicyclic) bond motifs is 1. The van der Waals surface area contributed by atoms with E-state index in [1.54, 1.807) is 24.4 Å². The molecule has 2 heterocycles. The van der Waals surface area contributed by atoms with Crippen molar-refractivity contribution in [3.63, 3.8) is 0 Å². The van der Waals surface area contributed by atoms with Gasteiger partial charge in [-0.05, 0) is 47.5 Å². The number of benzene rings is 2. The standard InChI is InChI=1S/C20H14ClF2N3S/c21-17-10-16(23)8-5-14(17)11-26-19-18(2-1-9-24-19)25-20(26)27-12-13-3-6-15(22)7-4-13/h1-10H,11-12H2. The molecule has 0 saturated carbocycles. The predicted octanol–water partition coefficient (Wildman–Crippen LogP) is 5.70. The highest BCUT2D eigenvalue weighted by Crippen LogP contribution is 2.28. The Hall–Kier alpha value is -2.44. The number of rotatable bonds is 5. The van der Waals surface area contributed by atoms with E-state index in [-0.39, 0.29) is 11.6 Å². The fraction of sp³-hybridized carbons (Fsp3) is 0.100. The molecule has 27 heavy (non-hydrogen) atoms. The zero-order chi connectivity index (χ0) is 18.8. The van der Waals surface area contributed by atoms with Crippen LogP contribution >= 0.6 is 23.4 Å². The van der Waals surface area contributed by atoms with Gasteiger partial charge in [0.25, 0.3) is 0 Å². The second-order valence-corrected chi connectivity index (χ2v) is 7.33. The Morgan fingerprint density at radius 2 is 1.78 bits per heavy atom. The summed E-state index contributed by atoms with van der Waals surface area (Å²) >= 11 is 7.73. The number of aromatic nitrogens is 3. The molecule has 0 amide bonds. The van der Waals surface area contributed by atoms with Gasteiger partial charge in [0, 0.05) is 17.0 Å². The van der Waals surface area contributed by atoms with Crippen LogP contribution in [0.1, 0.15) is 11.1 Å². The Bertz CT molecular complexity index is 1100. The van der Waals surface area contributed by atoms with Crippen LogP contribution in [0.4, 0.5) is 8.78 Å². The molecule has 0 unspecified atom stereocenters. The topological polar surface area (TPSA) is 30.7 Å². The largest absolute Gasteiger partial charge is 0.299 e. The van der Waals surface area contributed by atoms with Crippen molar-refractivity contribution in [1.82, 2.24) is 14.5 Å². The minimum absolute atomic E-state index is 0.258. The van der Waals surface area contributed by atoms with Crippen molar-refractivity contribution >= 4 is 34.5 Å². The van der Waals surface area contributed by atoms with Gasteiger partial charge in [0.05, 0.1) is 6.54 Å². The van der Waals surface area contributed by atoms with Crippen LogP contribution < -0.4 is 0 Å². The molecule has 4 rings (SSSR count). The first-order valence-electron chi connectivity index (χ1n) is 8.22. The normalized spacial score (nSPS) is 11.2. The molecule has 0 bridgehead atoms. The summed E-state index contributed by atoms with van der Waals surface area (Å²) in [5.74, 6) is 0.00946. The summed E-state index contributed by atoms with van der Waals surface area (Å²) in [6.07, 6.45) is 1.71. The second-order valence-electron chi connectivity index (χ2n) is 5.98. The molecule has 0 radical (unpaired) electrons. The number of hydrogen-bond donors (Lipinski definition) is 0. The molecule has 4 aromatic rings. The van der Waals surface area contributed by atoms with E-state index in [4.69, 9.17) is 11.6 Å². The molecule has 7 heteroatoms. The highest BCUT2D eigenvalue weighted by atomic mass is 35.5. The fourth-order valence-electron chi connectivity index (χ4n) is 2.74. The van der Waals surface area contributed by atoms with Crippen molar-refractivity contribution in [3.8, 4) is 0 Å². The van der Waals surface area contributed by atoms with Crippen molar-refractivity contribution in [2.24, 2.45) is 0 Å². The van der Waals surface area contributed by atoms with E-state index in [2.05, 4.69) is 9.97 Å². The maximum absolute atomic E-state index is 13.3. The summed E-state index contributed by atoms with van der Waals surface area (Å²) < 4.78 is 28.4. The molecule has 136 valence electrons. The van der Waals surface area contributed by atoms with Crippen molar-refractivity contribution < 1.29 is 8.78 Å². The van der Waals surface area contributed by atoms with E-state index in [0.717, 1.165) is 27.4 Å². The van der Waals surface area contributed by atoms with E-state index in [1.165, 1.54) is 36.0 Å². The molecule has 2 aromatic carbocycles. The first kappa shape index (κ1) is 17.9. The summed E-state index contributed by atoms with van der Waals surface area (Å²) in [4.78, 5) is 9.09. The predicted molar refractivity (Wildman–Crippen MR) is 104 cm³/mol.